The maximum Gasteiger partial charge on any atom is 0.0184 e. The summed E-state index contributed by atoms with van der Waals surface area (Å²) in [7, 11) is 2.22. The van der Waals surface area contributed by atoms with Gasteiger partial charge < -0.3 is 10.2 Å². The Morgan fingerprint density at radius 3 is 2.73 bits per heavy atom. The Kier molecular flexibility index (Phi) is 3.17. The molecule has 1 spiro atoms. The van der Waals surface area contributed by atoms with Crippen molar-refractivity contribution < 1.29 is 0 Å². The van der Waals surface area contributed by atoms with E-state index in [-0.39, 0.29) is 0 Å². The molecule has 2 nitrogen and oxygen atoms in total. The summed E-state index contributed by atoms with van der Waals surface area (Å²) in [5.41, 5.74) is 2.01. The van der Waals surface area contributed by atoms with Gasteiger partial charge in [0.15, 0.2) is 0 Å². The second-order valence-electron chi connectivity index (χ2n) is 5.67. The van der Waals surface area contributed by atoms with Crippen molar-refractivity contribution in [3.05, 3.63) is 12.2 Å². The highest BCUT2D eigenvalue weighted by Gasteiger charge is 2.53. The molecular formula is C13H24N2. The lowest BCUT2D eigenvalue weighted by molar-refractivity contribution is 0.272. The molecule has 1 unspecified atom stereocenters. The third kappa shape index (κ3) is 2.61. The van der Waals surface area contributed by atoms with Gasteiger partial charge in [-0.25, -0.2) is 0 Å². The Balaban J connectivity index is 1.75. The fourth-order valence-electron chi connectivity index (χ4n) is 3.13. The third-order valence-electron chi connectivity index (χ3n) is 4.03. The van der Waals surface area contributed by atoms with Crippen molar-refractivity contribution in [1.82, 2.24) is 10.2 Å². The van der Waals surface area contributed by atoms with Crippen LogP contribution in [0.5, 0.6) is 0 Å². The molecule has 1 aliphatic heterocycles. The Morgan fingerprint density at radius 1 is 1.47 bits per heavy atom. The van der Waals surface area contributed by atoms with Crippen LogP contribution in [0.2, 0.25) is 0 Å². The Hall–Kier alpha value is -0.340. The van der Waals surface area contributed by atoms with Crippen molar-refractivity contribution in [1.29, 1.82) is 0 Å². The van der Waals surface area contributed by atoms with Crippen molar-refractivity contribution in [2.24, 2.45) is 11.3 Å². The van der Waals surface area contributed by atoms with E-state index >= 15 is 0 Å². The first-order valence-corrected chi connectivity index (χ1v) is 6.16. The molecule has 0 radical (unpaired) electrons. The molecule has 1 saturated carbocycles. The molecule has 86 valence electrons. The second kappa shape index (κ2) is 4.26. The normalized spacial score (nSPS) is 28.3. The number of likely N-dealkylation sites (N-methyl/N-ethyl adjacent to an activating group) is 1. The van der Waals surface area contributed by atoms with Gasteiger partial charge >= 0.3 is 0 Å². The first-order valence-electron chi connectivity index (χ1n) is 6.16. The summed E-state index contributed by atoms with van der Waals surface area (Å²) in [6.07, 6.45) is 4.27. The largest absolute Gasteiger partial charge is 0.317 e. The van der Waals surface area contributed by atoms with Crippen LogP contribution in [-0.4, -0.2) is 38.1 Å². The third-order valence-corrected chi connectivity index (χ3v) is 4.03. The second-order valence-corrected chi connectivity index (χ2v) is 5.67. The van der Waals surface area contributed by atoms with Gasteiger partial charge in [0.25, 0.3) is 0 Å². The summed E-state index contributed by atoms with van der Waals surface area (Å²) in [4.78, 5) is 2.43. The minimum Gasteiger partial charge on any atom is -0.317 e. The minimum atomic E-state index is 0.731. The molecule has 1 aliphatic carbocycles. The van der Waals surface area contributed by atoms with E-state index in [1.165, 1.54) is 44.5 Å². The zero-order valence-electron chi connectivity index (χ0n) is 10.2. The number of piperidine rings is 1. The van der Waals surface area contributed by atoms with E-state index in [4.69, 9.17) is 0 Å². The topological polar surface area (TPSA) is 15.3 Å². The maximum absolute atomic E-state index is 3.98. The van der Waals surface area contributed by atoms with E-state index in [0.29, 0.717) is 0 Å². The molecule has 2 aliphatic rings. The SMILES string of the molecule is C=C(C)CN(C)CC1CC12CCNCC2. The predicted octanol–water partition coefficient (Wildman–Crippen LogP) is 1.88. The van der Waals surface area contributed by atoms with Gasteiger partial charge in [0, 0.05) is 13.1 Å². The molecule has 0 aromatic carbocycles. The lowest BCUT2D eigenvalue weighted by Crippen LogP contribution is -2.32. The Bertz CT molecular complexity index is 241. The van der Waals surface area contributed by atoms with Crippen LogP contribution in [0.1, 0.15) is 26.2 Å². The Morgan fingerprint density at radius 2 is 2.13 bits per heavy atom. The van der Waals surface area contributed by atoms with Crippen LogP contribution in [0, 0.1) is 11.3 Å². The van der Waals surface area contributed by atoms with E-state index in [1.54, 1.807) is 0 Å². The molecule has 1 atom stereocenters. The summed E-state index contributed by atoms with van der Waals surface area (Å²) in [5.74, 6) is 0.962. The molecular weight excluding hydrogens is 184 g/mol. The number of hydrogen-bond acceptors (Lipinski definition) is 2. The molecule has 0 aromatic heterocycles. The summed E-state index contributed by atoms with van der Waals surface area (Å²) in [6.45, 7) is 10.9. The van der Waals surface area contributed by atoms with E-state index in [9.17, 15) is 0 Å². The molecule has 1 heterocycles. The average molecular weight is 208 g/mol. The van der Waals surface area contributed by atoms with Crippen molar-refractivity contribution in [2.45, 2.75) is 26.2 Å². The van der Waals surface area contributed by atoms with Crippen LogP contribution >= 0.6 is 0 Å². The summed E-state index contributed by atoms with van der Waals surface area (Å²) >= 11 is 0. The smallest absolute Gasteiger partial charge is 0.0184 e. The fraction of sp³-hybridized carbons (Fsp3) is 0.846. The molecule has 2 rings (SSSR count). The zero-order valence-corrected chi connectivity index (χ0v) is 10.2. The number of hydrogen-bond donors (Lipinski definition) is 1. The van der Waals surface area contributed by atoms with Crippen LogP contribution in [0.4, 0.5) is 0 Å². The number of nitrogens with one attached hydrogen (secondary N) is 1. The quantitative estimate of drug-likeness (QED) is 0.710. The van der Waals surface area contributed by atoms with E-state index in [0.717, 1.165) is 17.9 Å². The summed E-state index contributed by atoms with van der Waals surface area (Å²) in [6, 6.07) is 0. The molecule has 0 bridgehead atoms. The van der Waals surface area contributed by atoms with Crippen molar-refractivity contribution >= 4 is 0 Å². The fourth-order valence-corrected chi connectivity index (χ4v) is 3.13. The van der Waals surface area contributed by atoms with Gasteiger partial charge in [-0.05, 0) is 57.7 Å². The highest BCUT2D eigenvalue weighted by Crippen LogP contribution is 2.58. The number of nitrogens with zero attached hydrogens (tertiary/aromatic N) is 1. The van der Waals surface area contributed by atoms with Crippen LogP contribution < -0.4 is 5.32 Å². The van der Waals surface area contributed by atoms with Crippen molar-refractivity contribution in [3.8, 4) is 0 Å². The molecule has 1 saturated heterocycles. The predicted molar refractivity (Wildman–Crippen MR) is 65.0 cm³/mol. The van der Waals surface area contributed by atoms with Gasteiger partial charge in [-0.1, -0.05) is 12.2 Å². The van der Waals surface area contributed by atoms with Crippen molar-refractivity contribution in [2.75, 3.05) is 33.2 Å². The lowest BCUT2D eigenvalue weighted by Gasteiger charge is -2.25. The first-order chi connectivity index (χ1) is 7.12. The molecule has 0 aromatic rings. The molecule has 2 heteroatoms. The van der Waals surface area contributed by atoms with Crippen molar-refractivity contribution in [3.63, 3.8) is 0 Å². The number of rotatable bonds is 4. The van der Waals surface area contributed by atoms with Gasteiger partial charge in [0.1, 0.15) is 0 Å². The standard InChI is InChI=1S/C13H24N2/c1-11(2)9-15(3)10-12-8-13(12)4-6-14-7-5-13/h12,14H,1,4-10H2,2-3H3. The van der Waals surface area contributed by atoms with Crippen LogP contribution in [0.15, 0.2) is 12.2 Å². The molecule has 0 amide bonds. The van der Waals surface area contributed by atoms with Gasteiger partial charge in [0.2, 0.25) is 0 Å². The van der Waals surface area contributed by atoms with Gasteiger partial charge in [-0.2, -0.15) is 0 Å². The molecule has 1 N–H and O–H groups in total. The minimum absolute atomic E-state index is 0.731. The van der Waals surface area contributed by atoms with Gasteiger partial charge in [-0.15, -0.1) is 0 Å². The summed E-state index contributed by atoms with van der Waals surface area (Å²) in [5, 5.41) is 3.46. The lowest BCUT2D eigenvalue weighted by atomic mass is 9.92. The van der Waals surface area contributed by atoms with Crippen LogP contribution in [0.25, 0.3) is 0 Å². The summed E-state index contributed by atoms with van der Waals surface area (Å²) < 4.78 is 0. The highest BCUT2D eigenvalue weighted by molar-refractivity contribution is 5.05. The van der Waals surface area contributed by atoms with Crippen LogP contribution in [0.3, 0.4) is 0 Å². The van der Waals surface area contributed by atoms with E-state index in [1.807, 2.05) is 0 Å². The Labute approximate surface area is 93.7 Å². The maximum atomic E-state index is 3.98. The highest BCUT2D eigenvalue weighted by atomic mass is 15.1. The average Bonchev–Trinajstić information content (AvgIpc) is 2.77. The van der Waals surface area contributed by atoms with Crippen LogP contribution in [-0.2, 0) is 0 Å². The monoisotopic (exact) mass is 208 g/mol. The van der Waals surface area contributed by atoms with E-state index < -0.39 is 0 Å². The van der Waals surface area contributed by atoms with Gasteiger partial charge in [-0.3, -0.25) is 0 Å². The zero-order chi connectivity index (χ0) is 10.9. The van der Waals surface area contributed by atoms with Gasteiger partial charge in [0.05, 0.1) is 0 Å². The van der Waals surface area contributed by atoms with E-state index in [2.05, 4.69) is 30.8 Å². The molecule has 15 heavy (non-hydrogen) atoms. The first kappa shape index (κ1) is 11.2. The molecule has 2 fully saturated rings.